The summed E-state index contributed by atoms with van der Waals surface area (Å²) >= 11 is 0. The van der Waals surface area contributed by atoms with E-state index in [-0.39, 0.29) is 18.9 Å². The predicted octanol–water partition coefficient (Wildman–Crippen LogP) is -0.133. The normalized spacial score (nSPS) is 14.7. The molecule has 0 radical (unpaired) electrons. The van der Waals surface area contributed by atoms with Gasteiger partial charge in [-0.3, -0.25) is 0 Å². The number of hydrogen-bond acceptors (Lipinski definition) is 5. The predicted molar refractivity (Wildman–Crippen MR) is 53.5 cm³/mol. The largest absolute Gasteiger partial charge is 0.481 e. The molecular formula is C10H15NO4. The zero-order valence-electron chi connectivity index (χ0n) is 8.50. The summed E-state index contributed by atoms with van der Waals surface area (Å²) in [6, 6.07) is 3.27. The van der Waals surface area contributed by atoms with Gasteiger partial charge in [0.2, 0.25) is 5.88 Å². The molecule has 0 amide bonds. The van der Waals surface area contributed by atoms with Crippen LogP contribution in [0.4, 0.5) is 0 Å². The summed E-state index contributed by atoms with van der Waals surface area (Å²) < 4.78 is 4.95. The second kappa shape index (κ2) is 5.65. The quantitative estimate of drug-likeness (QED) is 0.634. The zero-order chi connectivity index (χ0) is 11.3. The molecule has 2 unspecified atom stereocenters. The maximum Gasteiger partial charge on any atom is 0.218 e. The maximum atomic E-state index is 9.75. The van der Waals surface area contributed by atoms with Gasteiger partial charge in [0, 0.05) is 18.4 Å². The average Bonchev–Trinajstić information content (AvgIpc) is 2.28. The standard InChI is InChI=1S/C10H15NO4/c1-15-10-7(3-2-5-11-10)9(14)8(13)4-6-12/h2-3,5,8-9,12-14H,4,6H2,1H3. The van der Waals surface area contributed by atoms with Gasteiger partial charge in [-0.25, -0.2) is 4.98 Å². The highest BCUT2D eigenvalue weighted by Crippen LogP contribution is 2.25. The van der Waals surface area contributed by atoms with Crippen LogP contribution in [-0.2, 0) is 0 Å². The number of aromatic nitrogens is 1. The van der Waals surface area contributed by atoms with E-state index in [2.05, 4.69) is 4.98 Å². The fraction of sp³-hybridized carbons (Fsp3) is 0.500. The Kier molecular flexibility index (Phi) is 4.48. The number of nitrogens with zero attached hydrogens (tertiary/aromatic N) is 1. The summed E-state index contributed by atoms with van der Waals surface area (Å²) in [4.78, 5) is 3.90. The van der Waals surface area contributed by atoms with Crippen molar-refractivity contribution in [2.45, 2.75) is 18.6 Å². The molecule has 3 N–H and O–H groups in total. The summed E-state index contributed by atoms with van der Waals surface area (Å²) in [5.74, 6) is 0.280. The van der Waals surface area contributed by atoms with E-state index in [0.717, 1.165) is 0 Å². The molecule has 0 fully saturated rings. The molecule has 0 aliphatic carbocycles. The molecule has 0 bridgehead atoms. The minimum Gasteiger partial charge on any atom is -0.481 e. The van der Waals surface area contributed by atoms with Gasteiger partial charge in [-0.2, -0.15) is 0 Å². The molecule has 0 saturated carbocycles. The van der Waals surface area contributed by atoms with Crippen LogP contribution >= 0.6 is 0 Å². The molecule has 0 aromatic carbocycles. The topological polar surface area (TPSA) is 82.8 Å². The minimum absolute atomic E-state index is 0.110. The Morgan fingerprint density at radius 1 is 1.47 bits per heavy atom. The van der Waals surface area contributed by atoms with E-state index in [0.29, 0.717) is 5.56 Å². The van der Waals surface area contributed by atoms with Gasteiger partial charge in [0.05, 0.1) is 13.2 Å². The van der Waals surface area contributed by atoms with E-state index < -0.39 is 12.2 Å². The van der Waals surface area contributed by atoms with Gasteiger partial charge in [-0.05, 0) is 18.6 Å². The second-order valence-electron chi connectivity index (χ2n) is 3.13. The fourth-order valence-electron chi connectivity index (χ4n) is 1.30. The summed E-state index contributed by atoms with van der Waals surface area (Å²) in [5, 5.41) is 27.9. The first-order valence-corrected chi connectivity index (χ1v) is 4.66. The van der Waals surface area contributed by atoms with Crippen LogP contribution in [0, 0.1) is 0 Å². The first-order valence-electron chi connectivity index (χ1n) is 4.66. The second-order valence-corrected chi connectivity index (χ2v) is 3.13. The van der Waals surface area contributed by atoms with E-state index in [1.165, 1.54) is 13.3 Å². The van der Waals surface area contributed by atoms with Gasteiger partial charge in [0.15, 0.2) is 0 Å². The molecule has 0 spiro atoms. The van der Waals surface area contributed by atoms with Gasteiger partial charge in [-0.15, -0.1) is 0 Å². The Hall–Kier alpha value is -1.17. The molecule has 1 aromatic heterocycles. The van der Waals surface area contributed by atoms with Crippen LogP contribution in [0.5, 0.6) is 5.88 Å². The van der Waals surface area contributed by atoms with Crippen LogP contribution in [0.2, 0.25) is 0 Å². The number of hydrogen-bond donors (Lipinski definition) is 3. The van der Waals surface area contributed by atoms with Crippen molar-refractivity contribution in [3.63, 3.8) is 0 Å². The third-order valence-corrected chi connectivity index (χ3v) is 2.10. The van der Waals surface area contributed by atoms with Gasteiger partial charge in [0.1, 0.15) is 6.10 Å². The van der Waals surface area contributed by atoms with Crippen LogP contribution in [0.3, 0.4) is 0 Å². The summed E-state index contributed by atoms with van der Waals surface area (Å²) in [6.07, 6.45) is -0.471. The van der Waals surface area contributed by atoms with Crippen LogP contribution in [-0.4, -0.2) is 40.1 Å². The molecule has 15 heavy (non-hydrogen) atoms. The van der Waals surface area contributed by atoms with Crippen molar-refractivity contribution in [2.24, 2.45) is 0 Å². The summed E-state index contributed by atoms with van der Waals surface area (Å²) in [5.41, 5.74) is 0.418. The Labute approximate surface area is 88.0 Å². The highest BCUT2D eigenvalue weighted by atomic mass is 16.5. The van der Waals surface area contributed by atoms with Gasteiger partial charge in [-0.1, -0.05) is 0 Å². The fourth-order valence-corrected chi connectivity index (χ4v) is 1.30. The first-order chi connectivity index (χ1) is 7.20. The SMILES string of the molecule is COc1ncccc1C(O)C(O)CCO. The molecule has 5 heteroatoms. The van der Waals surface area contributed by atoms with Crippen molar-refractivity contribution in [1.82, 2.24) is 4.98 Å². The lowest BCUT2D eigenvalue weighted by Gasteiger charge is -2.18. The van der Waals surface area contributed by atoms with Crippen molar-refractivity contribution >= 4 is 0 Å². The number of aliphatic hydroxyl groups is 3. The van der Waals surface area contributed by atoms with Crippen molar-refractivity contribution in [2.75, 3.05) is 13.7 Å². The molecule has 1 aromatic rings. The van der Waals surface area contributed by atoms with E-state index in [1.807, 2.05) is 0 Å². The smallest absolute Gasteiger partial charge is 0.218 e. The Morgan fingerprint density at radius 2 is 2.20 bits per heavy atom. The van der Waals surface area contributed by atoms with E-state index in [9.17, 15) is 10.2 Å². The summed E-state index contributed by atoms with van der Waals surface area (Å²) in [7, 11) is 1.44. The zero-order valence-corrected chi connectivity index (χ0v) is 8.50. The summed E-state index contributed by atoms with van der Waals surface area (Å²) in [6.45, 7) is -0.180. The molecule has 1 heterocycles. The Balaban J connectivity index is 2.84. The lowest BCUT2D eigenvalue weighted by molar-refractivity contribution is 0.00273. The number of rotatable bonds is 5. The molecular weight excluding hydrogens is 198 g/mol. The highest BCUT2D eigenvalue weighted by molar-refractivity contribution is 5.28. The minimum atomic E-state index is -1.10. The highest BCUT2D eigenvalue weighted by Gasteiger charge is 2.21. The maximum absolute atomic E-state index is 9.75. The van der Waals surface area contributed by atoms with Crippen LogP contribution < -0.4 is 4.74 Å². The number of pyridine rings is 1. The van der Waals surface area contributed by atoms with Crippen LogP contribution in [0.15, 0.2) is 18.3 Å². The Morgan fingerprint density at radius 3 is 2.80 bits per heavy atom. The van der Waals surface area contributed by atoms with Crippen molar-refractivity contribution in [3.8, 4) is 5.88 Å². The van der Waals surface area contributed by atoms with Gasteiger partial charge >= 0.3 is 0 Å². The van der Waals surface area contributed by atoms with E-state index >= 15 is 0 Å². The molecule has 2 atom stereocenters. The van der Waals surface area contributed by atoms with Gasteiger partial charge in [0.25, 0.3) is 0 Å². The monoisotopic (exact) mass is 213 g/mol. The molecule has 0 aliphatic rings. The van der Waals surface area contributed by atoms with E-state index in [1.54, 1.807) is 12.1 Å². The molecule has 84 valence electrons. The lowest BCUT2D eigenvalue weighted by Crippen LogP contribution is -2.20. The third-order valence-electron chi connectivity index (χ3n) is 2.10. The third kappa shape index (κ3) is 2.89. The average molecular weight is 213 g/mol. The van der Waals surface area contributed by atoms with Crippen LogP contribution in [0.1, 0.15) is 18.1 Å². The lowest BCUT2D eigenvalue weighted by atomic mass is 10.0. The van der Waals surface area contributed by atoms with Crippen molar-refractivity contribution in [1.29, 1.82) is 0 Å². The van der Waals surface area contributed by atoms with Crippen molar-refractivity contribution < 1.29 is 20.1 Å². The number of aliphatic hydroxyl groups excluding tert-OH is 3. The number of ether oxygens (including phenoxy) is 1. The van der Waals surface area contributed by atoms with E-state index in [4.69, 9.17) is 9.84 Å². The molecule has 0 aliphatic heterocycles. The first kappa shape index (κ1) is 11.9. The van der Waals surface area contributed by atoms with Crippen molar-refractivity contribution in [3.05, 3.63) is 23.9 Å². The Bertz CT molecular complexity index is 305. The molecule has 1 rings (SSSR count). The number of methoxy groups -OCH3 is 1. The molecule has 5 nitrogen and oxygen atoms in total. The van der Waals surface area contributed by atoms with Crippen LogP contribution in [0.25, 0.3) is 0 Å². The molecule has 0 saturated heterocycles. The van der Waals surface area contributed by atoms with Gasteiger partial charge < -0.3 is 20.1 Å².